The molecule has 18 nitrogen and oxygen atoms in total. The number of aliphatic hydroxyl groups excluding tert-OH is 1. The summed E-state index contributed by atoms with van der Waals surface area (Å²) in [6.07, 6.45) is 6.19. The molecule has 0 saturated carbocycles. The highest BCUT2D eigenvalue weighted by atomic mass is 35.5. The van der Waals surface area contributed by atoms with Gasteiger partial charge in [0.2, 0.25) is 0 Å². The van der Waals surface area contributed by atoms with E-state index in [1.165, 1.54) is 28.8 Å². The lowest BCUT2D eigenvalue weighted by Gasteiger charge is -2.42. The van der Waals surface area contributed by atoms with Crippen molar-refractivity contribution >= 4 is 72.2 Å². The average molecular weight is 980 g/mol. The second kappa shape index (κ2) is 19.1. The number of nitro groups is 1. The SMILES string of the molecule is CC1(C)CCC(CN2CCN(c3ccc(C(=O)NS(=O)(=O)c4ccc(NC[C@@H]5CN(C6COC6)CCO5)c([N+](=O)[O-])c4)c(-n4ncc5nc6c(ccn6CO)cc54)c3)CC2)=C(c2ccc(Cl)cc2)C1. The topological polar surface area (TPSA) is 202 Å². The number of hydrogen-bond acceptors (Lipinski definition) is 14. The van der Waals surface area contributed by atoms with Crippen molar-refractivity contribution in [1.82, 2.24) is 33.9 Å². The molecular weight excluding hydrogens is 924 g/mol. The largest absolute Gasteiger partial charge is 0.378 e. The molecule has 1 aliphatic carbocycles. The summed E-state index contributed by atoms with van der Waals surface area (Å²) < 4.78 is 44.5. The highest BCUT2D eigenvalue weighted by Crippen LogP contribution is 2.43. The molecule has 4 aliphatic rings. The molecule has 6 aromatic rings. The Hall–Kier alpha value is -5.93. The van der Waals surface area contributed by atoms with E-state index in [1.807, 2.05) is 30.3 Å². The van der Waals surface area contributed by atoms with Crippen LogP contribution in [0.25, 0.3) is 33.3 Å². The highest BCUT2D eigenvalue weighted by Gasteiger charge is 2.33. The van der Waals surface area contributed by atoms with Crippen LogP contribution in [-0.4, -0.2) is 138 Å². The van der Waals surface area contributed by atoms with E-state index in [2.05, 4.69) is 55.8 Å². The normalized spacial score (nSPS) is 19.5. The number of fused-ring (bicyclic) bond motifs is 2. The molecule has 0 radical (unpaired) electrons. The number of rotatable bonds is 14. The zero-order valence-electron chi connectivity index (χ0n) is 38.5. The van der Waals surface area contributed by atoms with Crippen LogP contribution in [0.1, 0.15) is 49.0 Å². The number of carbonyl (C=O) groups is 1. The monoisotopic (exact) mass is 978 g/mol. The van der Waals surface area contributed by atoms with Crippen LogP contribution in [0, 0.1) is 15.5 Å². The number of morpholine rings is 1. The van der Waals surface area contributed by atoms with Gasteiger partial charge >= 0.3 is 0 Å². The first kappa shape index (κ1) is 46.8. The summed E-state index contributed by atoms with van der Waals surface area (Å²) in [6.45, 7) is 11.8. The van der Waals surface area contributed by atoms with Crippen molar-refractivity contribution in [3.05, 3.63) is 117 Å². The number of piperazine rings is 1. The summed E-state index contributed by atoms with van der Waals surface area (Å²) in [6, 6.07) is 20.9. The van der Waals surface area contributed by atoms with E-state index in [0.29, 0.717) is 67.9 Å². The number of sulfonamides is 1. The molecule has 0 spiro atoms. The maximum absolute atomic E-state index is 14.3. The van der Waals surface area contributed by atoms with Gasteiger partial charge in [-0.3, -0.25) is 24.7 Å². The van der Waals surface area contributed by atoms with Crippen LogP contribution in [0.15, 0.2) is 95.7 Å². The van der Waals surface area contributed by atoms with Gasteiger partial charge in [-0.05, 0) is 90.4 Å². The first-order chi connectivity index (χ1) is 33.2. The molecule has 3 N–H and O–H groups in total. The lowest BCUT2D eigenvalue weighted by atomic mass is 9.72. The van der Waals surface area contributed by atoms with E-state index in [0.717, 1.165) is 67.6 Å². The summed E-state index contributed by atoms with van der Waals surface area (Å²) in [5.74, 6) is -0.952. The summed E-state index contributed by atoms with van der Waals surface area (Å²) in [7, 11) is -4.63. The molecule has 362 valence electrons. The van der Waals surface area contributed by atoms with Crippen molar-refractivity contribution in [1.29, 1.82) is 0 Å². The Kier molecular flexibility index (Phi) is 13.0. The van der Waals surface area contributed by atoms with Crippen molar-refractivity contribution in [2.75, 3.05) is 82.4 Å². The standard InChI is InChI=1S/C49H55ClN10O8S/c1-49(2)13-11-34(41(24-49)32-3-5-35(50)6-4-32)27-55-15-17-56(18-16-55)36-7-9-40(44(22-36)59-45-21-33-12-14-58(31-61)47(33)53-43(45)26-52-59)48(62)54-69(65,66)39-8-10-42(46(23-39)60(63)64)51-25-38-28-57(19-20-68-38)37-29-67-30-37/h3-10,12,14,21-23,26,37-38,51,61H,11,13,15-20,24-25,27-31H2,1-2H3,(H,54,62)/t38-/m1/s1. The van der Waals surface area contributed by atoms with Gasteiger partial charge in [0.25, 0.3) is 21.6 Å². The molecule has 0 unspecified atom stereocenters. The van der Waals surface area contributed by atoms with Crippen LogP contribution in [0.5, 0.6) is 0 Å². The van der Waals surface area contributed by atoms with Crippen LogP contribution in [0.3, 0.4) is 0 Å². The van der Waals surface area contributed by atoms with E-state index in [4.69, 9.17) is 26.1 Å². The number of nitrogens with one attached hydrogen (secondary N) is 2. The molecule has 3 aromatic heterocycles. The number of pyridine rings is 1. The number of amides is 1. The maximum atomic E-state index is 14.3. The maximum Gasteiger partial charge on any atom is 0.293 e. The van der Waals surface area contributed by atoms with Crippen molar-refractivity contribution in [2.24, 2.45) is 5.41 Å². The number of hydrogen-bond donors (Lipinski definition) is 3. The first-order valence-electron chi connectivity index (χ1n) is 23.3. The van der Waals surface area contributed by atoms with Gasteiger partial charge in [0, 0.05) is 80.7 Å². The van der Waals surface area contributed by atoms with Crippen molar-refractivity contribution in [2.45, 2.75) is 56.9 Å². The van der Waals surface area contributed by atoms with Gasteiger partial charge in [-0.15, -0.1) is 0 Å². The lowest BCUT2D eigenvalue weighted by molar-refractivity contribution is -0.384. The smallest absolute Gasteiger partial charge is 0.293 e. The van der Waals surface area contributed by atoms with Crippen molar-refractivity contribution < 1.29 is 32.7 Å². The minimum atomic E-state index is -4.63. The fourth-order valence-electron chi connectivity index (χ4n) is 9.91. The zero-order chi connectivity index (χ0) is 48.0. The Morgan fingerprint density at radius 3 is 2.55 bits per heavy atom. The zero-order valence-corrected chi connectivity index (χ0v) is 40.1. The van der Waals surface area contributed by atoms with E-state index in [-0.39, 0.29) is 36.0 Å². The molecule has 3 fully saturated rings. The van der Waals surface area contributed by atoms with E-state index in [1.54, 1.807) is 33.8 Å². The number of aliphatic hydroxyl groups is 1. The van der Waals surface area contributed by atoms with E-state index < -0.39 is 31.4 Å². The van der Waals surface area contributed by atoms with Crippen molar-refractivity contribution in [3.8, 4) is 5.69 Å². The Balaban J connectivity index is 0.903. The van der Waals surface area contributed by atoms with Gasteiger partial charge < -0.3 is 29.4 Å². The molecule has 69 heavy (non-hydrogen) atoms. The van der Waals surface area contributed by atoms with E-state index in [9.17, 15) is 28.4 Å². The Morgan fingerprint density at radius 1 is 1.01 bits per heavy atom. The summed E-state index contributed by atoms with van der Waals surface area (Å²) in [4.78, 5) is 37.3. The number of ether oxygens (including phenoxy) is 2. The Labute approximate surface area is 404 Å². The molecule has 10 rings (SSSR count). The quantitative estimate of drug-likeness (QED) is 0.0811. The predicted octanol–water partition coefficient (Wildman–Crippen LogP) is 6.30. The molecule has 1 atom stereocenters. The molecule has 3 saturated heterocycles. The van der Waals surface area contributed by atoms with Crippen LogP contribution < -0.4 is 14.9 Å². The van der Waals surface area contributed by atoms with Crippen LogP contribution in [0.2, 0.25) is 5.02 Å². The lowest BCUT2D eigenvalue weighted by Crippen LogP contribution is -2.56. The number of benzene rings is 3. The highest BCUT2D eigenvalue weighted by molar-refractivity contribution is 7.90. The third-order valence-corrected chi connectivity index (χ3v) is 15.5. The third-order valence-electron chi connectivity index (χ3n) is 13.9. The molecule has 3 aromatic carbocycles. The Morgan fingerprint density at radius 2 is 1.81 bits per heavy atom. The minimum Gasteiger partial charge on any atom is -0.378 e. The molecule has 6 heterocycles. The predicted molar refractivity (Wildman–Crippen MR) is 263 cm³/mol. The number of carbonyl (C=O) groups excluding carboxylic acids is 1. The number of nitrogens with zero attached hydrogens (tertiary/aromatic N) is 8. The Bertz CT molecular complexity index is 3070. The van der Waals surface area contributed by atoms with Gasteiger partial charge in [0.05, 0.1) is 64.7 Å². The van der Waals surface area contributed by atoms with Crippen molar-refractivity contribution in [3.63, 3.8) is 0 Å². The molecular formula is C49H55ClN10O8S. The number of nitro benzene ring substituents is 1. The van der Waals surface area contributed by atoms with Gasteiger partial charge in [0.15, 0.2) is 0 Å². The summed E-state index contributed by atoms with van der Waals surface area (Å²) in [5.41, 5.74) is 6.67. The van der Waals surface area contributed by atoms with Crippen LogP contribution in [0.4, 0.5) is 17.1 Å². The van der Waals surface area contributed by atoms with Crippen LogP contribution >= 0.6 is 11.6 Å². The van der Waals surface area contributed by atoms with Gasteiger partial charge in [-0.25, -0.2) is 22.8 Å². The first-order valence-corrected chi connectivity index (χ1v) is 25.1. The summed E-state index contributed by atoms with van der Waals surface area (Å²) >= 11 is 6.27. The fourth-order valence-corrected chi connectivity index (χ4v) is 11.0. The number of allylic oxidation sites excluding steroid dienone is 1. The number of aromatic nitrogens is 4. The average Bonchev–Trinajstić information content (AvgIpc) is 3.93. The van der Waals surface area contributed by atoms with E-state index >= 15 is 0 Å². The second-order valence-electron chi connectivity index (χ2n) is 19.1. The van der Waals surface area contributed by atoms with Gasteiger partial charge in [-0.1, -0.05) is 43.2 Å². The number of halogens is 1. The third kappa shape index (κ3) is 9.81. The van der Waals surface area contributed by atoms with Crippen LogP contribution in [-0.2, 0) is 26.2 Å². The second-order valence-corrected chi connectivity index (χ2v) is 21.2. The molecule has 0 bridgehead atoms. The molecule has 3 aliphatic heterocycles. The minimum absolute atomic E-state index is 0.00338. The van der Waals surface area contributed by atoms with Gasteiger partial charge in [-0.2, -0.15) is 5.10 Å². The summed E-state index contributed by atoms with van der Waals surface area (Å²) in [5, 5.41) is 31.4. The molecule has 1 amide bonds. The fraction of sp³-hybridized carbons (Fsp3) is 0.408. The van der Waals surface area contributed by atoms with Gasteiger partial charge in [0.1, 0.15) is 23.6 Å². The molecule has 20 heteroatoms. The number of anilines is 2.